The van der Waals surface area contributed by atoms with Gasteiger partial charge in [0.2, 0.25) is 0 Å². The summed E-state index contributed by atoms with van der Waals surface area (Å²) in [6.45, 7) is 4.64. The highest BCUT2D eigenvalue weighted by molar-refractivity contribution is 5.70. The molecule has 0 aromatic heterocycles. The number of allylic oxidation sites excluding steroid dienone is 18. The number of ether oxygens (including phenoxy) is 4. The van der Waals surface area contributed by atoms with Gasteiger partial charge in [0.05, 0.1) is 40.3 Å². The Morgan fingerprint density at radius 3 is 0.934 bits per heavy atom. The molecule has 0 N–H and O–H groups in total. The number of hydrogen-bond acceptors (Lipinski definition) is 8. The maximum absolute atomic E-state index is 12.9. The van der Waals surface area contributed by atoms with Crippen LogP contribution in [-0.4, -0.2) is 82.3 Å². The molecule has 2 unspecified atom stereocenters. The van der Waals surface area contributed by atoms with Gasteiger partial charge in [-0.15, -0.1) is 0 Å². The second-order valence-electron chi connectivity index (χ2n) is 26.6. The van der Waals surface area contributed by atoms with Crippen LogP contribution in [0.5, 0.6) is 0 Å². The van der Waals surface area contributed by atoms with Crippen LogP contribution in [0.1, 0.15) is 335 Å². The molecular formula is C82H143NO8. The van der Waals surface area contributed by atoms with Crippen molar-refractivity contribution in [1.82, 2.24) is 0 Å². The Labute approximate surface area is 562 Å². The third-order valence-electron chi connectivity index (χ3n) is 16.5. The minimum Gasteiger partial charge on any atom is -0.545 e. The maximum Gasteiger partial charge on any atom is 0.306 e. The summed E-state index contributed by atoms with van der Waals surface area (Å²) in [5.74, 6) is -2.29. The molecule has 2 atom stereocenters. The predicted octanol–water partition coefficient (Wildman–Crippen LogP) is 22.8. The summed E-state index contributed by atoms with van der Waals surface area (Å²) in [5, 5.41) is 11.8. The van der Waals surface area contributed by atoms with Crippen molar-refractivity contribution in [1.29, 1.82) is 0 Å². The van der Waals surface area contributed by atoms with Crippen molar-refractivity contribution < 1.29 is 42.9 Å². The van der Waals surface area contributed by atoms with Crippen molar-refractivity contribution in [3.05, 3.63) is 109 Å². The second kappa shape index (κ2) is 71.8. The summed E-state index contributed by atoms with van der Waals surface area (Å²) in [5.41, 5.74) is 0. The van der Waals surface area contributed by atoms with Crippen molar-refractivity contribution >= 4 is 17.9 Å². The lowest BCUT2D eigenvalue weighted by atomic mass is 10.0. The monoisotopic (exact) mass is 1270 g/mol. The summed E-state index contributed by atoms with van der Waals surface area (Å²) in [4.78, 5) is 37.6. The SMILES string of the molecule is CC/C=C\C/C=C\C/C=C\C/C=C\C/C=C\C/C=C\C/C=C\CCCCCCCCCC(=O)OC(COC(=O)CCCCCCCCCCCCCCCCCCCCCCCCCCC/C=C\C/C=C\CCCCCCC)COC(OCC[N+](C)(C)C)C(=O)[O-]. The minimum absolute atomic E-state index is 0.142. The largest absolute Gasteiger partial charge is 0.545 e. The number of esters is 2. The van der Waals surface area contributed by atoms with Crippen LogP contribution in [-0.2, 0) is 33.3 Å². The zero-order valence-electron chi connectivity index (χ0n) is 59.9. The van der Waals surface area contributed by atoms with E-state index in [-0.39, 0.29) is 38.6 Å². The standard InChI is InChI=1S/C82H143NO8/c1-6-8-10-12-14-16-18-20-22-24-26-28-30-32-34-36-37-38-39-40-41-42-43-45-46-48-50-52-54-56-58-60-62-64-66-68-70-72-79(84)89-76-78(77-90-82(81(86)87)88-75-74-83(3,4)5)91-80(85)73-71-69-67-65-63-61-59-57-55-53-51-49-47-44-35-33-31-29-27-25-23-21-19-17-15-13-11-9-7-2/h9,11,15,17-18,20-21,23-24,26-27,29,33,35,47,49,53,55,78,82H,6-8,10,12-14,16,19,22,25,28,30-32,34,36-46,48,50-52,54,56-77H2,1-5H3/b11-9-,17-15-,20-18-,23-21-,26-24-,29-27-,35-33-,49-47-,55-53-. The molecule has 524 valence electrons. The maximum atomic E-state index is 12.9. The minimum atomic E-state index is -1.63. The highest BCUT2D eigenvalue weighted by Gasteiger charge is 2.22. The van der Waals surface area contributed by atoms with Crippen LogP contribution in [0.15, 0.2) is 109 Å². The number of carboxylic acid groups (broad SMARTS) is 1. The molecule has 0 saturated heterocycles. The zero-order valence-corrected chi connectivity index (χ0v) is 59.9. The lowest BCUT2D eigenvalue weighted by Gasteiger charge is -2.26. The fraction of sp³-hybridized carbons (Fsp3) is 0.744. The lowest BCUT2D eigenvalue weighted by molar-refractivity contribution is -0.870. The third-order valence-corrected chi connectivity index (χ3v) is 16.5. The first kappa shape index (κ1) is 87.0. The number of carbonyl (C=O) groups is 3. The Kier molecular flexibility index (Phi) is 68.6. The van der Waals surface area contributed by atoms with Crippen molar-refractivity contribution in [2.45, 2.75) is 347 Å². The Hall–Kier alpha value is -4.05. The van der Waals surface area contributed by atoms with Gasteiger partial charge < -0.3 is 33.3 Å². The first-order valence-electron chi connectivity index (χ1n) is 38.0. The molecular weight excluding hydrogens is 1130 g/mol. The van der Waals surface area contributed by atoms with Gasteiger partial charge in [0.1, 0.15) is 13.2 Å². The van der Waals surface area contributed by atoms with E-state index >= 15 is 0 Å². The van der Waals surface area contributed by atoms with E-state index in [1.54, 1.807) is 0 Å². The lowest BCUT2D eigenvalue weighted by Crippen LogP contribution is -2.44. The van der Waals surface area contributed by atoms with Gasteiger partial charge in [0, 0.05) is 12.8 Å². The summed E-state index contributed by atoms with van der Waals surface area (Å²) < 4.78 is 22.8. The summed E-state index contributed by atoms with van der Waals surface area (Å²) >= 11 is 0. The molecule has 9 nitrogen and oxygen atoms in total. The van der Waals surface area contributed by atoms with E-state index in [1.165, 1.54) is 205 Å². The number of hydrogen-bond donors (Lipinski definition) is 0. The summed E-state index contributed by atoms with van der Waals surface area (Å²) in [6, 6.07) is 0. The topological polar surface area (TPSA) is 111 Å². The number of aliphatic carboxylic acids is 1. The van der Waals surface area contributed by atoms with Gasteiger partial charge in [0.25, 0.3) is 0 Å². The fourth-order valence-electron chi connectivity index (χ4n) is 10.7. The van der Waals surface area contributed by atoms with Crippen molar-refractivity contribution in [3.63, 3.8) is 0 Å². The van der Waals surface area contributed by atoms with E-state index in [9.17, 15) is 19.5 Å². The normalized spacial score (nSPS) is 13.3. The van der Waals surface area contributed by atoms with Crippen LogP contribution < -0.4 is 5.11 Å². The van der Waals surface area contributed by atoms with Gasteiger partial charge in [-0.2, -0.15) is 0 Å². The summed E-state index contributed by atoms with van der Waals surface area (Å²) in [7, 11) is 5.93. The Balaban J connectivity index is 4.06. The molecule has 0 heterocycles. The van der Waals surface area contributed by atoms with Crippen LogP contribution in [0.2, 0.25) is 0 Å². The molecule has 0 radical (unpaired) electrons. The average molecular weight is 1270 g/mol. The number of unbranched alkanes of at least 4 members (excludes halogenated alkanes) is 37. The second-order valence-corrected chi connectivity index (χ2v) is 26.6. The number of carbonyl (C=O) groups excluding carboxylic acids is 3. The third kappa shape index (κ3) is 73.2. The Bertz CT molecular complexity index is 1870. The van der Waals surface area contributed by atoms with Gasteiger partial charge in [-0.05, 0) is 103 Å². The molecule has 0 aliphatic carbocycles. The van der Waals surface area contributed by atoms with Gasteiger partial charge in [-0.1, -0.05) is 329 Å². The molecule has 0 aromatic carbocycles. The molecule has 0 spiro atoms. The number of quaternary nitrogens is 1. The molecule has 0 amide bonds. The average Bonchev–Trinajstić information content (AvgIpc) is 3.66. The first-order valence-corrected chi connectivity index (χ1v) is 38.0. The number of rotatable bonds is 70. The van der Waals surface area contributed by atoms with Crippen molar-refractivity contribution in [3.8, 4) is 0 Å². The summed E-state index contributed by atoms with van der Waals surface area (Å²) in [6.07, 6.45) is 97.7. The van der Waals surface area contributed by atoms with E-state index in [0.29, 0.717) is 17.4 Å². The first-order chi connectivity index (χ1) is 44.6. The van der Waals surface area contributed by atoms with Gasteiger partial charge in [-0.25, -0.2) is 0 Å². The zero-order chi connectivity index (χ0) is 66.1. The Morgan fingerprint density at radius 2 is 0.626 bits per heavy atom. The molecule has 0 aliphatic heterocycles. The molecule has 0 rings (SSSR count). The molecule has 0 saturated carbocycles. The molecule has 0 fully saturated rings. The van der Waals surface area contributed by atoms with E-state index in [0.717, 1.165) is 96.3 Å². The molecule has 0 bridgehead atoms. The van der Waals surface area contributed by atoms with E-state index in [4.69, 9.17) is 18.9 Å². The Morgan fingerprint density at radius 1 is 0.341 bits per heavy atom. The highest BCUT2D eigenvalue weighted by atomic mass is 16.7. The van der Waals surface area contributed by atoms with E-state index in [2.05, 4.69) is 123 Å². The molecule has 91 heavy (non-hydrogen) atoms. The number of likely N-dealkylation sites (N-methyl/N-ethyl adjacent to an activating group) is 1. The number of nitrogens with zero attached hydrogens (tertiary/aromatic N) is 1. The van der Waals surface area contributed by atoms with Crippen LogP contribution in [0.25, 0.3) is 0 Å². The van der Waals surface area contributed by atoms with Gasteiger partial charge in [-0.3, -0.25) is 9.59 Å². The number of carboxylic acids is 1. The smallest absolute Gasteiger partial charge is 0.306 e. The van der Waals surface area contributed by atoms with Crippen LogP contribution in [0.3, 0.4) is 0 Å². The van der Waals surface area contributed by atoms with Gasteiger partial charge in [0.15, 0.2) is 12.4 Å². The van der Waals surface area contributed by atoms with E-state index in [1.807, 2.05) is 21.1 Å². The van der Waals surface area contributed by atoms with Crippen molar-refractivity contribution in [2.24, 2.45) is 0 Å². The fourth-order valence-corrected chi connectivity index (χ4v) is 10.7. The van der Waals surface area contributed by atoms with Crippen LogP contribution >= 0.6 is 0 Å². The quantitative estimate of drug-likeness (QED) is 0.0195. The van der Waals surface area contributed by atoms with Crippen molar-refractivity contribution in [2.75, 3.05) is 47.5 Å². The van der Waals surface area contributed by atoms with Gasteiger partial charge >= 0.3 is 11.9 Å². The molecule has 9 heteroatoms. The highest BCUT2D eigenvalue weighted by Crippen LogP contribution is 2.18. The molecule has 0 aliphatic rings. The van der Waals surface area contributed by atoms with E-state index < -0.39 is 24.3 Å². The molecule has 0 aromatic rings. The van der Waals surface area contributed by atoms with Crippen LogP contribution in [0.4, 0.5) is 0 Å². The predicted molar refractivity (Wildman–Crippen MR) is 389 cm³/mol. The van der Waals surface area contributed by atoms with Crippen LogP contribution in [0, 0.1) is 0 Å².